The van der Waals surface area contributed by atoms with Gasteiger partial charge in [-0.25, -0.2) is 0 Å². The molecule has 5 fully saturated rings. The number of likely N-dealkylation sites (tertiary alicyclic amines) is 1. The van der Waals surface area contributed by atoms with E-state index >= 15 is 0 Å². The molecular formula is C23H30N2O2. The quantitative estimate of drug-likeness (QED) is 0.870. The Hall–Kier alpha value is -1.84. The number of benzene rings is 1. The monoisotopic (exact) mass is 366 g/mol. The van der Waals surface area contributed by atoms with Gasteiger partial charge in [0.15, 0.2) is 0 Å². The van der Waals surface area contributed by atoms with Gasteiger partial charge in [0.25, 0.3) is 5.91 Å². The van der Waals surface area contributed by atoms with Crippen molar-refractivity contribution in [1.82, 2.24) is 4.90 Å². The minimum Gasteiger partial charge on any atom is -0.339 e. The molecule has 4 heteroatoms. The van der Waals surface area contributed by atoms with Crippen LogP contribution in [0.3, 0.4) is 0 Å². The summed E-state index contributed by atoms with van der Waals surface area (Å²) in [4.78, 5) is 27.9. The Labute approximate surface area is 161 Å². The lowest BCUT2D eigenvalue weighted by Crippen LogP contribution is -2.49. The highest BCUT2D eigenvalue weighted by atomic mass is 16.2. The predicted octanol–water partition coefficient (Wildman–Crippen LogP) is 4.24. The SMILES string of the molecule is Cc1c(NC(=O)C2C3CC4CC(C3)CC2C4)cccc1C(=O)N1CCCC1. The predicted molar refractivity (Wildman–Crippen MR) is 105 cm³/mol. The van der Waals surface area contributed by atoms with Crippen LogP contribution < -0.4 is 5.32 Å². The second-order valence-corrected chi connectivity index (χ2v) is 9.42. The zero-order chi connectivity index (χ0) is 18.5. The van der Waals surface area contributed by atoms with Gasteiger partial charge in [-0.1, -0.05) is 6.07 Å². The molecule has 27 heavy (non-hydrogen) atoms. The third-order valence-electron chi connectivity index (χ3n) is 7.74. The highest BCUT2D eigenvalue weighted by molar-refractivity contribution is 6.00. The third-order valence-corrected chi connectivity index (χ3v) is 7.74. The number of nitrogens with zero attached hydrogens (tertiary/aromatic N) is 1. The first-order valence-corrected chi connectivity index (χ1v) is 10.8. The minimum atomic E-state index is 0.107. The highest BCUT2D eigenvalue weighted by Crippen LogP contribution is 2.56. The fourth-order valence-corrected chi connectivity index (χ4v) is 6.66. The van der Waals surface area contributed by atoms with E-state index in [1.54, 1.807) is 0 Å². The first-order valence-electron chi connectivity index (χ1n) is 10.8. The van der Waals surface area contributed by atoms with Crippen LogP contribution in [0.2, 0.25) is 0 Å². The molecule has 4 aliphatic carbocycles. The zero-order valence-electron chi connectivity index (χ0n) is 16.2. The number of nitrogens with one attached hydrogen (secondary N) is 1. The molecule has 2 amide bonds. The molecule has 1 aliphatic heterocycles. The van der Waals surface area contributed by atoms with Crippen LogP contribution in [0.15, 0.2) is 18.2 Å². The number of carbonyl (C=O) groups is 2. The van der Waals surface area contributed by atoms with Gasteiger partial charge < -0.3 is 10.2 Å². The summed E-state index contributed by atoms with van der Waals surface area (Å²) in [6.45, 7) is 3.67. The molecule has 1 heterocycles. The molecule has 4 bridgehead atoms. The van der Waals surface area contributed by atoms with E-state index in [9.17, 15) is 9.59 Å². The van der Waals surface area contributed by atoms with Crippen molar-refractivity contribution >= 4 is 17.5 Å². The van der Waals surface area contributed by atoms with Gasteiger partial charge in [-0.2, -0.15) is 0 Å². The third kappa shape index (κ3) is 2.97. The Kier molecular flexibility index (Phi) is 4.25. The second kappa shape index (κ2) is 6.65. The van der Waals surface area contributed by atoms with Crippen LogP contribution in [0.4, 0.5) is 5.69 Å². The first-order chi connectivity index (χ1) is 13.1. The summed E-state index contributed by atoms with van der Waals surface area (Å²) in [7, 11) is 0. The lowest BCUT2D eigenvalue weighted by atomic mass is 9.51. The maximum Gasteiger partial charge on any atom is 0.254 e. The van der Waals surface area contributed by atoms with Crippen molar-refractivity contribution < 1.29 is 9.59 Å². The first kappa shape index (κ1) is 17.3. The molecule has 0 atom stereocenters. The van der Waals surface area contributed by atoms with Gasteiger partial charge in [-0.05, 0) is 93.2 Å². The highest BCUT2D eigenvalue weighted by Gasteiger charge is 2.50. The number of anilines is 1. The second-order valence-electron chi connectivity index (χ2n) is 9.42. The molecule has 1 aromatic rings. The summed E-state index contributed by atoms with van der Waals surface area (Å²) in [5, 5.41) is 3.21. The lowest BCUT2D eigenvalue weighted by Gasteiger charge is -2.53. The Morgan fingerprint density at radius 2 is 1.59 bits per heavy atom. The number of rotatable bonds is 3. The molecule has 0 radical (unpaired) electrons. The van der Waals surface area contributed by atoms with E-state index < -0.39 is 0 Å². The Morgan fingerprint density at radius 1 is 0.963 bits per heavy atom. The van der Waals surface area contributed by atoms with Crippen molar-refractivity contribution in [2.45, 2.75) is 51.9 Å². The largest absolute Gasteiger partial charge is 0.339 e. The minimum absolute atomic E-state index is 0.107. The van der Waals surface area contributed by atoms with Crippen molar-refractivity contribution in [3.8, 4) is 0 Å². The summed E-state index contributed by atoms with van der Waals surface area (Å²) < 4.78 is 0. The summed E-state index contributed by atoms with van der Waals surface area (Å²) in [6.07, 6.45) is 8.58. The van der Waals surface area contributed by atoms with E-state index in [0.717, 1.165) is 54.6 Å². The van der Waals surface area contributed by atoms with Crippen molar-refractivity contribution in [3.63, 3.8) is 0 Å². The molecule has 1 aromatic carbocycles. The average molecular weight is 367 g/mol. The van der Waals surface area contributed by atoms with Gasteiger partial charge in [0.2, 0.25) is 5.91 Å². The lowest BCUT2D eigenvalue weighted by molar-refractivity contribution is -0.132. The van der Waals surface area contributed by atoms with Crippen molar-refractivity contribution in [1.29, 1.82) is 0 Å². The maximum atomic E-state index is 13.2. The Morgan fingerprint density at radius 3 is 2.22 bits per heavy atom. The standard InChI is InChI=1S/C23H30N2O2/c1-14-19(23(27)25-7-2-3-8-25)5-4-6-20(14)24-22(26)21-17-10-15-9-16(12-17)13-18(21)11-15/h4-6,15-18,21H,2-3,7-13H2,1H3,(H,24,26). The Bertz CT molecular complexity index is 738. The van der Waals surface area contributed by atoms with Gasteiger partial charge >= 0.3 is 0 Å². The molecule has 144 valence electrons. The number of hydrogen-bond acceptors (Lipinski definition) is 2. The normalized spacial score (nSPS) is 34.1. The van der Waals surface area contributed by atoms with E-state index in [-0.39, 0.29) is 17.7 Å². The van der Waals surface area contributed by atoms with Crippen LogP contribution in [0.1, 0.15) is 60.9 Å². The molecule has 4 nitrogen and oxygen atoms in total. The van der Waals surface area contributed by atoms with E-state index in [0.29, 0.717) is 11.8 Å². The van der Waals surface area contributed by atoms with E-state index in [1.807, 2.05) is 30.0 Å². The molecule has 4 saturated carbocycles. The van der Waals surface area contributed by atoms with Gasteiger partial charge in [-0.3, -0.25) is 9.59 Å². The molecule has 5 aliphatic rings. The van der Waals surface area contributed by atoms with Crippen LogP contribution in [-0.2, 0) is 4.79 Å². The van der Waals surface area contributed by atoms with Gasteiger partial charge in [0, 0.05) is 30.3 Å². The fraction of sp³-hybridized carbons (Fsp3) is 0.652. The molecule has 6 rings (SSSR count). The van der Waals surface area contributed by atoms with Crippen LogP contribution in [0.25, 0.3) is 0 Å². The van der Waals surface area contributed by atoms with Gasteiger partial charge in [-0.15, -0.1) is 0 Å². The van der Waals surface area contributed by atoms with E-state index in [1.165, 1.54) is 32.1 Å². The number of hydrogen-bond donors (Lipinski definition) is 1. The van der Waals surface area contributed by atoms with Crippen LogP contribution in [0, 0.1) is 36.5 Å². The van der Waals surface area contributed by atoms with Crippen molar-refractivity contribution in [2.75, 3.05) is 18.4 Å². The molecule has 1 N–H and O–H groups in total. The molecular weight excluding hydrogens is 336 g/mol. The summed E-state index contributed by atoms with van der Waals surface area (Å²) in [5.41, 5.74) is 2.46. The fourth-order valence-electron chi connectivity index (χ4n) is 6.66. The number of carbonyl (C=O) groups excluding carboxylic acids is 2. The summed E-state index contributed by atoms with van der Waals surface area (Å²) in [6, 6.07) is 5.75. The average Bonchev–Trinajstić information content (AvgIpc) is 3.17. The number of amides is 2. The van der Waals surface area contributed by atoms with E-state index in [2.05, 4.69) is 5.32 Å². The van der Waals surface area contributed by atoms with Crippen molar-refractivity contribution in [3.05, 3.63) is 29.3 Å². The van der Waals surface area contributed by atoms with E-state index in [4.69, 9.17) is 0 Å². The molecule has 0 spiro atoms. The van der Waals surface area contributed by atoms with Gasteiger partial charge in [0.05, 0.1) is 0 Å². The smallest absolute Gasteiger partial charge is 0.254 e. The van der Waals surface area contributed by atoms with Gasteiger partial charge in [0.1, 0.15) is 0 Å². The van der Waals surface area contributed by atoms with Crippen molar-refractivity contribution in [2.24, 2.45) is 29.6 Å². The zero-order valence-corrected chi connectivity index (χ0v) is 16.2. The topological polar surface area (TPSA) is 49.4 Å². The van der Waals surface area contributed by atoms with Crippen LogP contribution in [-0.4, -0.2) is 29.8 Å². The summed E-state index contributed by atoms with van der Waals surface area (Å²) in [5.74, 6) is 3.38. The Balaban J connectivity index is 1.34. The van der Waals surface area contributed by atoms with Crippen LogP contribution in [0.5, 0.6) is 0 Å². The molecule has 1 saturated heterocycles. The van der Waals surface area contributed by atoms with Crippen LogP contribution >= 0.6 is 0 Å². The maximum absolute atomic E-state index is 13.2. The molecule has 0 unspecified atom stereocenters. The molecule has 0 aromatic heterocycles. The summed E-state index contributed by atoms with van der Waals surface area (Å²) >= 11 is 0.